The number of carboxylic acid groups (broad SMARTS) is 1. The summed E-state index contributed by atoms with van der Waals surface area (Å²) in [5.74, 6) is -2.28. The predicted octanol–water partition coefficient (Wildman–Crippen LogP) is 4.48. The third kappa shape index (κ3) is 5.81. The van der Waals surface area contributed by atoms with Gasteiger partial charge in [-0.2, -0.15) is 0 Å². The van der Waals surface area contributed by atoms with Crippen LogP contribution in [0.1, 0.15) is 25.7 Å². The van der Waals surface area contributed by atoms with Crippen LogP contribution in [0.5, 0.6) is 17.2 Å². The Kier molecular flexibility index (Phi) is 6.98. The summed E-state index contributed by atoms with van der Waals surface area (Å²) in [5, 5.41) is 21.1. The average Bonchev–Trinajstić information content (AvgIpc) is 2.62. The number of benzene rings is 2. The van der Waals surface area contributed by atoms with Crippen LogP contribution in [0.2, 0.25) is 10.0 Å². The van der Waals surface area contributed by atoms with E-state index in [9.17, 15) is 23.1 Å². The van der Waals surface area contributed by atoms with E-state index in [-0.39, 0.29) is 49.5 Å². The standard InChI is InChI=1S/C20H19Cl2NO7S/c21-14-6-12(23-18(25)9-19(26)27)7-15(22)20(14)30-13-4-5-16(24)17(8-13)31(28,29)10-11-2-1-3-11/h4-8,11,24H,1-3,9-10H2,(H,23,25)(H,26,27). The Bertz CT molecular complexity index is 1110. The van der Waals surface area contributed by atoms with E-state index in [0.717, 1.165) is 19.3 Å². The molecule has 11 heteroatoms. The van der Waals surface area contributed by atoms with E-state index in [1.165, 1.54) is 30.3 Å². The number of aliphatic carboxylic acids is 1. The van der Waals surface area contributed by atoms with Gasteiger partial charge in [-0.1, -0.05) is 29.6 Å². The van der Waals surface area contributed by atoms with Crippen molar-refractivity contribution in [1.82, 2.24) is 0 Å². The lowest BCUT2D eigenvalue weighted by Gasteiger charge is -2.25. The Balaban J connectivity index is 1.82. The van der Waals surface area contributed by atoms with Crippen molar-refractivity contribution >= 4 is 50.6 Å². The molecule has 0 heterocycles. The summed E-state index contributed by atoms with van der Waals surface area (Å²) in [7, 11) is -3.71. The number of carbonyl (C=O) groups excluding carboxylic acids is 1. The van der Waals surface area contributed by atoms with Crippen LogP contribution in [0, 0.1) is 5.92 Å². The Morgan fingerprint density at radius 3 is 2.32 bits per heavy atom. The summed E-state index contributed by atoms with van der Waals surface area (Å²) < 4.78 is 31.0. The van der Waals surface area contributed by atoms with E-state index in [1.807, 2.05) is 0 Å². The summed E-state index contributed by atoms with van der Waals surface area (Å²) in [6.07, 6.45) is 1.96. The first-order valence-corrected chi connectivity index (χ1v) is 11.7. The highest BCUT2D eigenvalue weighted by atomic mass is 35.5. The molecule has 0 atom stereocenters. The SMILES string of the molecule is O=C(O)CC(=O)Nc1cc(Cl)c(Oc2ccc(O)c(S(=O)(=O)CC3CCC3)c2)c(Cl)c1. The van der Waals surface area contributed by atoms with Crippen LogP contribution in [-0.4, -0.2) is 36.3 Å². The van der Waals surface area contributed by atoms with E-state index < -0.39 is 28.1 Å². The molecule has 0 saturated heterocycles. The van der Waals surface area contributed by atoms with Gasteiger partial charge in [-0.3, -0.25) is 9.59 Å². The topological polar surface area (TPSA) is 130 Å². The largest absolute Gasteiger partial charge is 0.507 e. The lowest BCUT2D eigenvalue weighted by molar-refractivity contribution is -0.139. The molecule has 2 aromatic rings. The van der Waals surface area contributed by atoms with Crippen LogP contribution in [0.15, 0.2) is 35.2 Å². The zero-order valence-corrected chi connectivity index (χ0v) is 18.4. The molecule has 1 aliphatic carbocycles. The van der Waals surface area contributed by atoms with Gasteiger partial charge in [0, 0.05) is 11.8 Å². The molecule has 1 saturated carbocycles. The van der Waals surface area contributed by atoms with E-state index >= 15 is 0 Å². The third-order valence-corrected chi connectivity index (χ3v) is 7.23. The number of phenols is 1. The zero-order chi connectivity index (χ0) is 22.8. The summed E-state index contributed by atoms with van der Waals surface area (Å²) in [6, 6.07) is 6.42. The fourth-order valence-corrected chi connectivity index (χ4v) is 5.44. The first-order chi connectivity index (χ1) is 14.5. The molecular formula is C20H19Cl2NO7S. The van der Waals surface area contributed by atoms with Gasteiger partial charge >= 0.3 is 5.97 Å². The number of halogens is 2. The average molecular weight is 488 g/mol. The van der Waals surface area contributed by atoms with Crippen LogP contribution in [-0.2, 0) is 19.4 Å². The van der Waals surface area contributed by atoms with Gasteiger partial charge in [-0.25, -0.2) is 8.42 Å². The molecule has 166 valence electrons. The van der Waals surface area contributed by atoms with Gasteiger partial charge in [-0.15, -0.1) is 0 Å². The van der Waals surface area contributed by atoms with Crippen molar-refractivity contribution in [2.24, 2.45) is 5.92 Å². The molecule has 3 rings (SSSR count). The van der Waals surface area contributed by atoms with Crippen LogP contribution in [0.4, 0.5) is 5.69 Å². The quantitative estimate of drug-likeness (QED) is 0.467. The normalized spacial score (nSPS) is 14.0. The molecule has 0 aromatic heterocycles. The van der Waals surface area contributed by atoms with Crippen molar-refractivity contribution in [3.63, 3.8) is 0 Å². The minimum absolute atomic E-state index is 0.00470. The monoisotopic (exact) mass is 487 g/mol. The van der Waals surface area contributed by atoms with Gasteiger partial charge in [0.05, 0.1) is 15.8 Å². The molecule has 0 aliphatic heterocycles. The van der Waals surface area contributed by atoms with Gasteiger partial charge in [0.15, 0.2) is 15.6 Å². The second kappa shape index (κ2) is 9.33. The fraction of sp³-hybridized carbons (Fsp3) is 0.300. The molecule has 3 N–H and O–H groups in total. The molecular weight excluding hydrogens is 469 g/mol. The molecule has 1 amide bonds. The van der Waals surface area contributed by atoms with Gasteiger partial charge in [0.2, 0.25) is 5.91 Å². The Morgan fingerprint density at radius 2 is 1.77 bits per heavy atom. The maximum Gasteiger partial charge on any atom is 0.312 e. The number of carboxylic acids is 1. The van der Waals surface area contributed by atoms with E-state index in [1.54, 1.807) is 0 Å². The number of sulfone groups is 1. The lowest BCUT2D eigenvalue weighted by atomic mass is 9.87. The molecule has 2 aromatic carbocycles. The number of anilines is 1. The predicted molar refractivity (Wildman–Crippen MR) is 115 cm³/mol. The second-order valence-corrected chi connectivity index (χ2v) is 10.0. The lowest BCUT2D eigenvalue weighted by Crippen LogP contribution is -2.22. The van der Waals surface area contributed by atoms with Crippen LogP contribution in [0.25, 0.3) is 0 Å². The number of phenolic OH excluding ortho intramolecular Hbond substituents is 1. The maximum atomic E-state index is 12.7. The highest BCUT2D eigenvalue weighted by Crippen LogP contribution is 2.40. The fourth-order valence-electron chi connectivity index (χ4n) is 3.06. The number of amides is 1. The Labute approximate surface area is 188 Å². The highest BCUT2D eigenvalue weighted by molar-refractivity contribution is 7.91. The van der Waals surface area contributed by atoms with E-state index in [4.69, 9.17) is 33.0 Å². The minimum Gasteiger partial charge on any atom is -0.507 e. The number of rotatable bonds is 8. The van der Waals surface area contributed by atoms with Gasteiger partial charge in [0.25, 0.3) is 0 Å². The summed E-state index contributed by atoms with van der Waals surface area (Å²) >= 11 is 12.4. The first kappa shape index (κ1) is 23.2. The van der Waals surface area contributed by atoms with Crippen molar-refractivity contribution in [2.75, 3.05) is 11.1 Å². The number of ether oxygens (including phenoxy) is 1. The minimum atomic E-state index is -3.71. The van der Waals surface area contributed by atoms with Crippen LogP contribution < -0.4 is 10.1 Å². The van der Waals surface area contributed by atoms with Crippen molar-refractivity contribution in [2.45, 2.75) is 30.6 Å². The van der Waals surface area contributed by atoms with Crippen molar-refractivity contribution in [1.29, 1.82) is 0 Å². The summed E-state index contributed by atoms with van der Waals surface area (Å²) in [4.78, 5) is 22.0. The second-order valence-electron chi connectivity index (χ2n) is 7.20. The molecule has 1 aliphatic rings. The number of hydrogen-bond donors (Lipinski definition) is 3. The van der Waals surface area contributed by atoms with Gasteiger partial charge in [-0.05, 0) is 43.0 Å². The summed E-state index contributed by atoms with van der Waals surface area (Å²) in [5.41, 5.74) is 0.170. The molecule has 0 unspecified atom stereocenters. The Morgan fingerprint density at radius 1 is 1.13 bits per heavy atom. The Hall–Kier alpha value is -2.49. The number of carbonyl (C=O) groups is 2. The number of hydrogen-bond acceptors (Lipinski definition) is 6. The van der Waals surface area contributed by atoms with E-state index in [2.05, 4.69) is 5.32 Å². The van der Waals surface area contributed by atoms with Crippen molar-refractivity contribution in [3.8, 4) is 17.2 Å². The molecule has 0 radical (unpaired) electrons. The van der Waals surface area contributed by atoms with Gasteiger partial charge < -0.3 is 20.3 Å². The van der Waals surface area contributed by atoms with Crippen molar-refractivity contribution in [3.05, 3.63) is 40.4 Å². The van der Waals surface area contributed by atoms with Gasteiger partial charge in [0.1, 0.15) is 22.8 Å². The van der Waals surface area contributed by atoms with E-state index in [0.29, 0.717) is 0 Å². The molecule has 31 heavy (non-hydrogen) atoms. The summed E-state index contributed by atoms with van der Waals surface area (Å²) in [6.45, 7) is 0. The molecule has 0 spiro atoms. The van der Waals surface area contributed by atoms with Crippen LogP contribution in [0.3, 0.4) is 0 Å². The van der Waals surface area contributed by atoms with Crippen molar-refractivity contribution < 1.29 is 33.0 Å². The highest BCUT2D eigenvalue weighted by Gasteiger charge is 2.28. The number of nitrogens with one attached hydrogen (secondary N) is 1. The van der Waals surface area contributed by atoms with Crippen LogP contribution >= 0.6 is 23.2 Å². The zero-order valence-electron chi connectivity index (χ0n) is 16.1. The maximum absolute atomic E-state index is 12.7. The number of aromatic hydroxyl groups is 1. The smallest absolute Gasteiger partial charge is 0.312 e. The molecule has 0 bridgehead atoms. The molecule has 8 nitrogen and oxygen atoms in total. The first-order valence-electron chi connectivity index (χ1n) is 9.29. The third-order valence-electron chi connectivity index (χ3n) is 4.76. The molecule has 1 fully saturated rings.